The van der Waals surface area contributed by atoms with Gasteiger partial charge in [-0.25, -0.2) is 18.6 Å². The van der Waals surface area contributed by atoms with Crippen molar-refractivity contribution in [3.05, 3.63) is 45.8 Å². The number of benzene rings is 1. The minimum absolute atomic E-state index is 0.0190. The second-order valence-electron chi connectivity index (χ2n) is 8.47. The zero-order chi connectivity index (χ0) is 22.6. The van der Waals surface area contributed by atoms with E-state index in [1.807, 2.05) is 7.05 Å². The third kappa shape index (κ3) is 3.40. The van der Waals surface area contributed by atoms with Crippen molar-refractivity contribution in [3.8, 4) is 0 Å². The number of rotatable bonds is 4. The number of halogens is 2. The molecule has 1 aromatic carbocycles. The van der Waals surface area contributed by atoms with Gasteiger partial charge in [0.25, 0.3) is 0 Å². The summed E-state index contributed by atoms with van der Waals surface area (Å²) >= 11 is 0. The van der Waals surface area contributed by atoms with E-state index in [0.717, 1.165) is 12.8 Å². The Bertz CT molecular complexity index is 1290. The Morgan fingerprint density at radius 3 is 2.56 bits per heavy atom. The van der Waals surface area contributed by atoms with Crippen molar-refractivity contribution in [1.29, 1.82) is 0 Å². The maximum atomic E-state index is 15.6. The highest BCUT2D eigenvalue weighted by Crippen LogP contribution is 2.38. The second kappa shape index (κ2) is 7.81. The Morgan fingerprint density at radius 2 is 1.91 bits per heavy atom. The molecule has 0 unspecified atom stereocenters. The topological polar surface area (TPSA) is 67.7 Å². The number of carbonyl (C=O) groups excluding carboxylic acids is 1. The molecule has 9 heteroatoms. The molecule has 3 heterocycles. The van der Waals surface area contributed by atoms with Crippen LogP contribution in [0, 0.1) is 11.6 Å². The largest absolute Gasteiger partial charge is 0.462 e. The minimum atomic E-state index is -0.726. The smallest absolute Gasteiger partial charge is 0.343 e. The van der Waals surface area contributed by atoms with Crippen molar-refractivity contribution >= 4 is 33.6 Å². The summed E-state index contributed by atoms with van der Waals surface area (Å²) in [4.78, 5) is 33.7. The molecule has 3 aromatic rings. The number of fused-ring (bicyclic) bond motifs is 2. The predicted molar refractivity (Wildman–Crippen MR) is 117 cm³/mol. The summed E-state index contributed by atoms with van der Waals surface area (Å²) in [5, 5.41) is 0.340. The highest BCUT2D eigenvalue weighted by Gasteiger charge is 2.29. The molecule has 1 aliphatic heterocycles. The number of nitrogens with zero attached hydrogens (tertiary/aromatic N) is 4. The van der Waals surface area contributed by atoms with Crippen LogP contribution < -0.4 is 10.3 Å². The standard InChI is InChI=1S/C23H24F2N4O3/c1-3-32-23(31)16-12-29(14-4-5-14)22-15(21(16)30)10-13-11-17(24)20(18(25)19(13)26-22)28-8-6-27(2)7-9-28/h10-12,14H,3-9H2,1-2H3. The van der Waals surface area contributed by atoms with Crippen LogP contribution in [0.15, 0.2) is 23.1 Å². The van der Waals surface area contributed by atoms with Gasteiger partial charge in [0.1, 0.15) is 28.2 Å². The van der Waals surface area contributed by atoms with Gasteiger partial charge >= 0.3 is 5.97 Å². The molecule has 1 saturated carbocycles. The summed E-state index contributed by atoms with van der Waals surface area (Å²) in [5.74, 6) is -2.13. The van der Waals surface area contributed by atoms with E-state index in [1.54, 1.807) is 16.4 Å². The number of carbonyl (C=O) groups is 1. The van der Waals surface area contributed by atoms with Crippen LogP contribution in [0.25, 0.3) is 21.9 Å². The molecule has 7 nitrogen and oxygen atoms in total. The van der Waals surface area contributed by atoms with Crippen molar-refractivity contribution in [3.63, 3.8) is 0 Å². The van der Waals surface area contributed by atoms with Gasteiger partial charge in [-0.05, 0) is 38.9 Å². The van der Waals surface area contributed by atoms with Crippen LogP contribution in [-0.2, 0) is 4.74 Å². The maximum Gasteiger partial charge on any atom is 0.343 e. The fourth-order valence-corrected chi connectivity index (χ4v) is 4.30. The van der Waals surface area contributed by atoms with Gasteiger partial charge < -0.3 is 19.1 Å². The first-order valence-corrected chi connectivity index (χ1v) is 10.9. The monoisotopic (exact) mass is 442 g/mol. The number of hydrogen-bond acceptors (Lipinski definition) is 6. The zero-order valence-electron chi connectivity index (χ0n) is 18.0. The molecule has 0 N–H and O–H groups in total. The summed E-state index contributed by atoms with van der Waals surface area (Å²) < 4.78 is 37.4. The molecule has 0 radical (unpaired) electrons. The summed E-state index contributed by atoms with van der Waals surface area (Å²) in [6.07, 6.45) is 3.21. The van der Waals surface area contributed by atoms with Gasteiger partial charge in [-0.2, -0.15) is 0 Å². The number of likely N-dealkylation sites (N-methyl/N-ethyl adjacent to an activating group) is 1. The fraction of sp³-hybridized carbons (Fsp3) is 0.435. The third-order valence-corrected chi connectivity index (χ3v) is 6.21. The quantitative estimate of drug-likeness (QED) is 0.457. The Hall–Kier alpha value is -3.07. The van der Waals surface area contributed by atoms with Crippen molar-refractivity contribution in [2.24, 2.45) is 0 Å². The Balaban J connectivity index is 1.73. The van der Waals surface area contributed by atoms with Crippen LogP contribution in [0.1, 0.15) is 36.2 Å². The van der Waals surface area contributed by atoms with E-state index in [9.17, 15) is 9.59 Å². The Morgan fingerprint density at radius 1 is 1.19 bits per heavy atom. The predicted octanol–water partition coefficient (Wildman–Crippen LogP) is 3.09. The van der Waals surface area contributed by atoms with E-state index in [4.69, 9.17) is 4.74 Å². The number of piperazine rings is 1. The number of pyridine rings is 2. The molecule has 1 aliphatic carbocycles. The lowest BCUT2D eigenvalue weighted by Crippen LogP contribution is -2.45. The molecule has 2 fully saturated rings. The van der Waals surface area contributed by atoms with Crippen LogP contribution in [0.4, 0.5) is 14.5 Å². The van der Waals surface area contributed by atoms with Crippen LogP contribution in [0.5, 0.6) is 0 Å². The van der Waals surface area contributed by atoms with E-state index < -0.39 is 23.0 Å². The van der Waals surface area contributed by atoms with E-state index in [0.29, 0.717) is 31.8 Å². The van der Waals surface area contributed by atoms with Crippen molar-refractivity contribution in [2.45, 2.75) is 25.8 Å². The Labute approximate surface area is 183 Å². The maximum absolute atomic E-state index is 15.6. The summed E-state index contributed by atoms with van der Waals surface area (Å²) in [5.41, 5.74) is -0.407. The molecule has 5 rings (SSSR count). The molecule has 0 amide bonds. The van der Waals surface area contributed by atoms with Crippen LogP contribution in [0.3, 0.4) is 0 Å². The van der Waals surface area contributed by atoms with E-state index in [2.05, 4.69) is 9.88 Å². The summed E-state index contributed by atoms with van der Waals surface area (Å²) in [6.45, 7) is 4.25. The van der Waals surface area contributed by atoms with Gasteiger partial charge in [0, 0.05) is 43.8 Å². The first-order chi connectivity index (χ1) is 15.4. The summed E-state index contributed by atoms with van der Waals surface area (Å²) in [7, 11) is 1.97. The average molecular weight is 442 g/mol. The van der Waals surface area contributed by atoms with Crippen molar-refractivity contribution < 1.29 is 18.3 Å². The molecule has 0 spiro atoms. The van der Waals surface area contributed by atoms with Crippen LogP contribution in [-0.4, -0.2) is 60.3 Å². The minimum Gasteiger partial charge on any atom is -0.462 e. The normalized spacial score (nSPS) is 17.3. The molecular weight excluding hydrogens is 418 g/mol. The molecule has 0 atom stereocenters. The lowest BCUT2D eigenvalue weighted by atomic mass is 10.1. The van der Waals surface area contributed by atoms with Crippen LogP contribution >= 0.6 is 0 Å². The van der Waals surface area contributed by atoms with Gasteiger partial charge in [-0.1, -0.05) is 0 Å². The molecular formula is C23H24F2N4O3. The number of hydrogen-bond donors (Lipinski definition) is 0. The first kappa shape index (κ1) is 20.8. The number of anilines is 1. The SMILES string of the molecule is CCOC(=O)c1cn(C2CC2)c2nc3c(F)c(N4CCN(C)CC4)c(F)cc3cc2c1=O. The highest BCUT2D eigenvalue weighted by atomic mass is 19.1. The molecule has 2 aromatic heterocycles. The Kier molecular flexibility index (Phi) is 5.08. The lowest BCUT2D eigenvalue weighted by Gasteiger charge is -2.34. The second-order valence-corrected chi connectivity index (χ2v) is 8.47. The van der Waals surface area contributed by atoms with Crippen molar-refractivity contribution in [1.82, 2.24) is 14.5 Å². The van der Waals surface area contributed by atoms with E-state index >= 15 is 8.78 Å². The van der Waals surface area contributed by atoms with Gasteiger partial charge in [0.05, 0.1) is 12.0 Å². The summed E-state index contributed by atoms with van der Waals surface area (Å²) in [6, 6.07) is 2.73. The van der Waals surface area contributed by atoms with Crippen LogP contribution in [0.2, 0.25) is 0 Å². The first-order valence-electron chi connectivity index (χ1n) is 10.9. The molecule has 2 aliphatic rings. The van der Waals surface area contributed by atoms with E-state index in [1.165, 1.54) is 18.3 Å². The number of ether oxygens (including phenoxy) is 1. The zero-order valence-corrected chi connectivity index (χ0v) is 18.0. The molecule has 168 valence electrons. The highest BCUT2D eigenvalue weighted by molar-refractivity contribution is 5.97. The van der Waals surface area contributed by atoms with Gasteiger partial charge in [-0.15, -0.1) is 0 Å². The molecule has 32 heavy (non-hydrogen) atoms. The lowest BCUT2D eigenvalue weighted by molar-refractivity contribution is 0.0524. The fourth-order valence-electron chi connectivity index (χ4n) is 4.30. The average Bonchev–Trinajstić information content (AvgIpc) is 3.60. The van der Waals surface area contributed by atoms with Gasteiger partial charge in [-0.3, -0.25) is 4.79 Å². The van der Waals surface area contributed by atoms with Gasteiger partial charge in [0.2, 0.25) is 5.43 Å². The van der Waals surface area contributed by atoms with E-state index in [-0.39, 0.29) is 40.2 Å². The third-order valence-electron chi connectivity index (χ3n) is 6.21. The van der Waals surface area contributed by atoms with Gasteiger partial charge in [0.15, 0.2) is 5.82 Å². The van der Waals surface area contributed by atoms with Crippen molar-refractivity contribution in [2.75, 3.05) is 44.7 Å². The number of aromatic nitrogens is 2. The molecule has 0 bridgehead atoms. The number of esters is 1. The molecule has 1 saturated heterocycles.